The van der Waals surface area contributed by atoms with Crippen molar-refractivity contribution in [3.05, 3.63) is 192 Å². The minimum atomic E-state index is 0.301. The van der Waals surface area contributed by atoms with Crippen molar-refractivity contribution in [1.29, 1.82) is 0 Å². The molecule has 1 saturated carbocycles. The Hall–Kier alpha value is -5.28. The first-order chi connectivity index (χ1) is 29.7. The summed E-state index contributed by atoms with van der Waals surface area (Å²) in [6.45, 7) is 3.23. The normalized spacial score (nSPS) is 23.8. The van der Waals surface area contributed by atoms with E-state index in [-0.39, 0.29) is 0 Å². The molecule has 3 aliphatic rings. The van der Waals surface area contributed by atoms with Crippen molar-refractivity contribution < 1.29 is 0 Å². The van der Waals surface area contributed by atoms with E-state index in [0.29, 0.717) is 30.1 Å². The lowest BCUT2D eigenvalue weighted by Gasteiger charge is -2.40. The molecule has 11 rings (SSSR count). The van der Waals surface area contributed by atoms with E-state index in [1.54, 1.807) is 5.56 Å². The Morgan fingerprint density at radius 2 is 0.833 bits per heavy atom. The maximum absolute atomic E-state index is 2.95. The number of likely N-dealkylation sites (tertiary alicyclic amines) is 2. The highest BCUT2D eigenvalue weighted by Crippen LogP contribution is 2.52. The van der Waals surface area contributed by atoms with Gasteiger partial charge < -0.3 is 0 Å². The average Bonchev–Trinajstić information content (AvgIpc) is 4.07. The van der Waals surface area contributed by atoms with Crippen LogP contribution in [0.2, 0.25) is 0 Å². The number of hydrogen-bond acceptors (Lipinski definition) is 2. The van der Waals surface area contributed by atoms with Crippen LogP contribution in [-0.4, -0.2) is 16.5 Å². The van der Waals surface area contributed by atoms with E-state index >= 15 is 0 Å². The summed E-state index contributed by atoms with van der Waals surface area (Å²) in [5.41, 5.74) is 7.46. The van der Waals surface area contributed by atoms with Crippen LogP contribution in [0.1, 0.15) is 129 Å². The van der Waals surface area contributed by atoms with Crippen molar-refractivity contribution in [1.82, 2.24) is 9.80 Å². The van der Waals surface area contributed by atoms with Gasteiger partial charge in [-0.3, -0.25) is 9.80 Å². The molecule has 0 N–H and O–H groups in total. The van der Waals surface area contributed by atoms with E-state index < -0.39 is 0 Å². The van der Waals surface area contributed by atoms with Gasteiger partial charge in [0, 0.05) is 24.2 Å². The molecule has 60 heavy (non-hydrogen) atoms. The van der Waals surface area contributed by atoms with Gasteiger partial charge in [-0.1, -0.05) is 190 Å². The second kappa shape index (κ2) is 16.3. The Bertz CT molecular complexity index is 2700. The minimum absolute atomic E-state index is 0.301. The van der Waals surface area contributed by atoms with E-state index in [2.05, 4.69) is 181 Å². The number of hydrogen-bond donors (Lipinski definition) is 0. The maximum Gasteiger partial charge on any atom is 0.0529 e. The molecule has 3 fully saturated rings. The summed E-state index contributed by atoms with van der Waals surface area (Å²) in [6.07, 6.45) is 12.7. The molecule has 2 saturated heterocycles. The summed E-state index contributed by atoms with van der Waals surface area (Å²) in [5, 5.41) is 11.0. The third-order valence-corrected chi connectivity index (χ3v) is 15.2. The molecule has 0 spiro atoms. The van der Waals surface area contributed by atoms with Gasteiger partial charge in [-0.2, -0.15) is 0 Å². The molecular weight excluding hydrogens is 725 g/mol. The SMILES string of the molecule is CCCCC1CCC(c2ccc3c(C4CCC(c5cccc6ccccc56)N4CN4C(c5cccc6ccccc56)CCC4c4cccc5ccccc45)cccc3c2)C1. The van der Waals surface area contributed by atoms with Crippen molar-refractivity contribution >= 4 is 43.1 Å². The highest BCUT2D eigenvalue weighted by Gasteiger charge is 2.43. The minimum Gasteiger partial charge on any atom is -0.276 e. The lowest BCUT2D eigenvalue weighted by Crippen LogP contribution is -2.40. The predicted octanol–water partition coefficient (Wildman–Crippen LogP) is 15.8. The highest BCUT2D eigenvalue weighted by molar-refractivity contribution is 5.89. The van der Waals surface area contributed by atoms with E-state index in [4.69, 9.17) is 0 Å². The van der Waals surface area contributed by atoms with Gasteiger partial charge in [0.05, 0.1) is 6.67 Å². The zero-order valence-corrected chi connectivity index (χ0v) is 35.2. The number of rotatable bonds is 10. The van der Waals surface area contributed by atoms with Gasteiger partial charge in [0.1, 0.15) is 0 Å². The predicted molar refractivity (Wildman–Crippen MR) is 253 cm³/mol. The fourth-order valence-corrected chi connectivity index (χ4v) is 12.3. The van der Waals surface area contributed by atoms with E-state index in [1.807, 2.05) is 0 Å². The van der Waals surface area contributed by atoms with Crippen molar-refractivity contribution in [3.63, 3.8) is 0 Å². The van der Waals surface area contributed by atoms with Crippen LogP contribution in [0.5, 0.6) is 0 Å². The monoisotopic (exact) mass is 782 g/mol. The number of fused-ring (bicyclic) bond motifs is 4. The number of nitrogens with zero attached hydrogens (tertiary/aromatic N) is 2. The van der Waals surface area contributed by atoms with Crippen LogP contribution in [0.4, 0.5) is 0 Å². The maximum atomic E-state index is 2.95. The molecule has 0 radical (unpaired) electrons. The highest BCUT2D eigenvalue weighted by atomic mass is 15.4. The molecule has 2 heterocycles. The van der Waals surface area contributed by atoms with Crippen molar-refractivity contribution in [2.75, 3.05) is 6.67 Å². The molecule has 0 amide bonds. The summed E-state index contributed by atoms with van der Waals surface area (Å²) in [4.78, 5) is 5.87. The molecule has 2 nitrogen and oxygen atoms in total. The molecule has 2 heteroatoms. The first-order valence-corrected chi connectivity index (χ1v) is 23.2. The van der Waals surface area contributed by atoms with Crippen LogP contribution in [0.25, 0.3) is 43.1 Å². The second-order valence-corrected chi connectivity index (χ2v) is 18.4. The first-order valence-electron chi connectivity index (χ1n) is 23.2. The molecule has 6 unspecified atom stereocenters. The Balaban J connectivity index is 1.03. The molecule has 8 aromatic rings. The molecule has 0 aromatic heterocycles. The lowest BCUT2D eigenvalue weighted by molar-refractivity contribution is 0.0541. The fraction of sp³-hybridized carbons (Fsp3) is 0.310. The molecule has 300 valence electrons. The Morgan fingerprint density at radius 3 is 1.30 bits per heavy atom. The van der Waals surface area contributed by atoms with Crippen LogP contribution in [0.3, 0.4) is 0 Å². The quantitative estimate of drug-likeness (QED) is 0.136. The zero-order valence-electron chi connectivity index (χ0n) is 35.2. The Labute approximate surface area is 356 Å². The Kier molecular flexibility index (Phi) is 10.2. The summed E-state index contributed by atoms with van der Waals surface area (Å²) >= 11 is 0. The van der Waals surface area contributed by atoms with Crippen molar-refractivity contribution in [2.24, 2.45) is 5.92 Å². The van der Waals surface area contributed by atoms with Gasteiger partial charge in [-0.25, -0.2) is 0 Å². The van der Waals surface area contributed by atoms with Crippen LogP contribution in [0.15, 0.2) is 164 Å². The largest absolute Gasteiger partial charge is 0.276 e. The topological polar surface area (TPSA) is 6.48 Å². The summed E-state index contributed by atoms with van der Waals surface area (Å²) in [7, 11) is 0. The van der Waals surface area contributed by atoms with Gasteiger partial charge in [-0.15, -0.1) is 0 Å². The smallest absolute Gasteiger partial charge is 0.0529 e. The second-order valence-electron chi connectivity index (χ2n) is 18.4. The molecule has 6 atom stereocenters. The fourth-order valence-electron chi connectivity index (χ4n) is 12.3. The summed E-state index contributed by atoms with van der Waals surface area (Å²) in [6, 6.07) is 64.2. The summed E-state index contributed by atoms with van der Waals surface area (Å²) < 4.78 is 0. The Morgan fingerprint density at radius 1 is 0.417 bits per heavy atom. The standard InChI is InChI=1S/C58H58N2/c1-2-3-14-40-29-30-44(37-40)45-31-32-50-46(38-45)21-13-28-54(50)58-36-35-57(53-27-12-20-43-17-6-9-24-49(43)53)60(58)39-59-55(51-25-10-18-41-15-4-7-22-47(41)51)33-34-56(59)52-26-11-19-42-16-5-8-23-48(42)52/h4-13,15-28,31-32,38,40,44,55-58H,2-3,14,29-30,33-37,39H2,1H3. The van der Waals surface area contributed by atoms with E-state index in [9.17, 15) is 0 Å². The van der Waals surface area contributed by atoms with E-state index in [1.165, 1.54) is 104 Å². The average molecular weight is 783 g/mol. The van der Waals surface area contributed by atoms with Gasteiger partial charge in [0.25, 0.3) is 0 Å². The van der Waals surface area contributed by atoms with Crippen LogP contribution in [0, 0.1) is 5.92 Å². The molecular formula is C58H58N2. The number of unbranched alkanes of at least 4 members (excludes halogenated alkanes) is 1. The molecule has 1 aliphatic carbocycles. The first kappa shape index (κ1) is 37.7. The lowest BCUT2D eigenvalue weighted by atomic mass is 9.90. The van der Waals surface area contributed by atoms with Crippen LogP contribution >= 0.6 is 0 Å². The van der Waals surface area contributed by atoms with E-state index in [0.717, 1.165) is 38.3 Å². The van der Waals surface area contributed by atoms with Crippen molar-refractivity contribution in [2.45, 2.75) is 101 Å². The number of benzene rings is 8. The third-order valence-electron chi connectivity index (χ3n) is 15.2. The van der Waals surface area contributed by atoms with Crippen LogP contribution in [-0.2, 0) is 0 Å². The third kappa shape index (κ3) is 6.83. The van der Waals surface area contributed by atoms with Crippen LogP contribution < -0.4 is 0 Å². The van der Waals surface area contributed by atoms with Gasteiger partial charge in [-0.05, 0) is 128 Å². The molecule has 2 aliphatic heterocycles. The van der Waals surface area contributed by atoms with Gasteiger partial charge >= 0.3 is 0 Å². The van der Waals surface area contributed by atoms with Gasteiger partial charge in [0.2, 0.25) is 0 Å². The summed E-state index contributed by atoms with van der Waals surface area (Å²) in [5.74, 6) is 1.60. The molecule has 0 bridgehead atoms. The zero-order chi connectivity index (χ0) is 40.0. The molecule has 8 aromatic carbocycles. The van der Waals surface area contributed by atoms with Crippen molar-refractivity contribution in [3.8, 4) is 0 Å². The van der Waals surface area contributed by atoms with Gasteiger partial charge in [0.15, 0.2) is 0 Å².